The molecule has 1 N–H and O–H groups in total. The van der Waals surface area contributed by atoms with Gasteiger partial charge >= 0.3 is 0 Å². The molecule has 1 heterocycles. The smallest absolute Gasteiger partial charge is 0.251 e. The zero-order valence-electron chi connectivity index (χ0n) is 13.8. The van der Waals surface area contributed by atoms with Gasteiger partial charge in [0.2, 0.25) is 5.91 Å². The van der Waals surface area contributed by atoms with Gasteiger partial charge in [0, 0.05) is 31.6 Å². The molecule has 4 heteroatoms. The first kappa shape index (κ1) is 16.5. The first-order chi connectivity index (χ1) is 10.4. The predicted molar refractivity (Wildman–Crippen MR) is 87.9 cm³/mol. The lowest BCUT2D eigenvalue weighted by molar-refractivity contribution is -0.127. The monoisotopic (exact) mass is 302 g/mol. The Morgan fingerprint density at radius 2 is 1.91 bits per heavy atom. The van der Waals surface area contributed by atoms with Crippen molar-refractivity contribution in [2.24, 2.45) is 0 Å². The SMILES string of the molecule is CC(C)(C)c1ccc(C(=O)NCCCN2CCCC2=O)cc1. The number of hydrogen-bond donors (Lipinski definition) is 1. The van der Waals surface area contributed by atoms with Gasteiger partial charge in [-0.05, 0) is 36.0 Å². The number of nitrogens with one attached hydrogen (secondary N) is 1. The van der Waals surface area contributed by atoms with Crippen molar-refractivity contribution in [2.45, 2.75) is 45.4 Å². The minimum Gasteiger partial charge on any atom is -0.352 e. The lowest BCUT2D eigenvalue weighted by atomic mass is 9.87. The van der Waals surface area contributed by atoms with E-state index >= 15 is 0 Å². The molecule has 0 unspecified atom stereocenters. The summed E-state index contributed by atoms with van der Waals surface area (Å²) >= 11 is 0. The highest BCUT2D eigenvalue weighted by molar-refractivity contribution is 5.94. The summed E-state index contributed by atoms with van der Waals surface area (Å²) in [7, 11) is 0. The number of likely N-dealkylation sites (tertiary alicyclic amines) is 1. The molecule has 0 bridgehead atoms. The van der Waals surface area contributed by atoms with E-state index < -0.39 is 0 Å². The number of hydrogen-bond acceptors (Lipinski definition) is 2. The van der Waals surface area contributed by atoms with Gasteiger partial charge in [0.25, 0.3) is 5.91 Å². The second kappa shape index (κ2) is 6.95. The van der Waals surface area contributed by atoms with Gasteiger partial charge in [-0.15, -0.1) is 0 Å². The fourth-order valence-electron chi connectivity index (χ4n) is 2.64. The predicted octanol–water partition coefficient (Wildman–Crippen LogP) is 2.73. The van der Waals surface area contributed by atoms with Crippen LogP contribution < -0.4 is 5.32 Å². The Bertz CT molecular complexity index is 529. The van der Waals surface area contributed by atoms with Crippen LogP contribution in [0.4, 0.5) is 0 Å². The van der Waals surface area contributed by atoms with E-state index in [1.165, 1.54) is 5.56 Å². The van der Waals surface area contributed by atoms with E-state index in [9.17, 15) is 9.59 Å². The third-order valence-corrected chi connectivity index (χ3v) is 4.07. The fourth-order valence-corrected chi connectivity index (χ4v) is 2.64. The van der Waals surface area contributed by atoms with Crippen LogP contribution in [-0.2, 0) is 10.2 Å². The van der Waals surface area contributed by atoms with Crippen molar-refractivity contribution in [3.8, 4) is 0 Å². The largest absolute Gasteiger partial charge is 0.352 e. The molecule has 0 saturated carbocycles. The topological polar surface area (TPSA) is 49.4 Å². The Kier molecular flexibility index (Phi) is 5.22. The highest BCUT2D eigenvalue weighted by Crippen LogP contribution is 2.22. The molecule has 1 aliphatic heterocycles. The van der Waals surface area contributed by atoms with E-state index in [-0.39, 0.29) is 17.2 Å². The summed E-state index contributed by atoms with van der Waals surface area (Å²) in [5.74, 6) is 0.192. The van der Waals surface area contributed by atoms with Gasteiger partial charge in [0.1, 0.15) is 0 Å². The van der Waals surface area contributed by atoms with E-state index in [0.717, 1.165) is 25.9 Å². The molecule has 1 saturated heterocycles. The lowest BCUT2D eigenvalue weighted by Gasteiger charge is -2.19. The summed E-state index contributed by atoms with van der Waals surface area (Å²) < 4.78 is 0. The Hall–Kier alpha value is -1.84. The van der Waals surface area contributed by atoms with Crippen LogP contribution in [0.1, 0.15) is 56.0 Å². The third kappa shape index (κ3) is 4.33. The fraction of sp³-hybridized carbons (Fsp3) is 0.556. The number of benzene rings is 1. The van der Waals surface area contributed by atoms with Gasteiger partial charge in [0.15, 0.2) is 0 Å². The zero-order chi connectivity index (χ0) is 16.2. The summed E-state index contributed by atoms with van der Waals surface area (Å²) in [6.45, 7) is 8.66. The maximum absolute atomic E-state index is 12.1. The molecule has 120 valence electrons. The maximum Gasteiger partial charge on any atom is 0.251 e. The van der Waals surface area contributed by atoms with Gasteiger partial charge in [-0.25, -0.2) is 0 Å². The van der Waals surface area contributed by atoms with Gasteiger partial charge in [0.05, 0.1) is 0 Å². The standard InChI is InChI=1S/C18H26N2O2/c1-18(2,3)15-9-7-14(8-10-15)17(22)19-11-5-13-20-12-4-6-16(20)21/h7-10H,4-6,11-13H2,1-3H3,(H,19,22). The van der Waals surface area contributed by atoms with E-state index in [1.54, 1.807) is 0 Å². The quantitative estimate of drug-likeness (QED) is 0.850. The molecule has 0 radical (unpaired) electrons. The van der Waals surface area contributed by atoms with Crippen LogP contribution in [-0.4, -0.2) is 36.3 Å². The number of carbonyl (C=O) groups is 2. The van der Waals surface area contributed by atoms with Crippen molar-refractivity contribution in [2.75, 3.05) is 19.6 Å². The molecule has 1 aromatic carbocycles. The van der Waals surface area contributed by atoms with Crippen LogP contribution in [0, 0.1) is 0 Å². The van der Waals surface area contributed by atoms with Crippen LogP contribution in [0.15, 0.2) is 24.3 Å². The molecule has 0 aromatic heterocycles. The van der Waals surface area contributed by atoms with Crippen LogP contribution in [0.5, 0.6) is 0 Å². The average Bonchev–Trinajstić information content (AvgIpc) is 2.88. The average molecular weight is 302 g/mol. The van der Waals surface area contributed by atoms with Crippen molar-refractivity contribution >= 4 is 11.8 Å². The van der Waals surface area contributed by atoms with E-state index in [2.05, 4.69) is 26.1 Å². The molecular weight excluding hydrogens is 276 g/mol. The van der Waals surface area contributed by atoms with Crippen molar-refractivity contribution in [3.63, 3.8) is 0 Å². The van der Waals surface area contributed by atoms with Crippen molar-refractivity contribution in [1.82, 2.24) is 10.2 Å². The van der Waals surface area contributed by atoms with E-state index in [4.69, 9.17) is 0 Å². The molecule has 1 fully saturated rings. The van der Waals surface area contributed by atoms with Gasteiger partial charge in [-0.3, -0.25) is 9.59 Å². The van der Waals surface area contributed by atoms with Gasteiger partial charge in [-0.1, -0.05) is 32.9 Å². The van der Waals surface area contributed by atoms with Gasteiger partial charge in [-0.2, -0.15) is 0 Å². The Morgan fingerprint density at radius 3 is 2.45 bits per heavy atom. The Morgan fingerprint density at radius 1 is 1.23 bits per heavy atom. The summed E-state index contributed by atoms with van der Waals surface area (Å²) in [4.78, 5) is 25.4. The molecule has 0 spiro atoms. The van der Waals surface area contributed by atoms with Crippen LogP contribution in [0.3, 0.4) is 0 Å². The van der Waals surface area contributed by atoms with Crippen LogP contribution >= 0.6 is 0 Å². The second-order valence-electron chi connectivity index (χ2n) is 6.92. The number of carbonyl (C=O) groups excluding carboxylic acids is 2. The lowest BCUT2D eigenvalue weighted by Crippen LogP contribution is -2.30. The zero-order valence-corrected chi connectivity index (χ0v) is 13.8. The second-order valence-corrected chi connectivity index (χ2v) is 6.92. The maximum atomic E-state index is 12.1. The van der Waals surface area contributed by atoms with Crippen LogP contribution in [0.2, 0.25) is 0 Å². The summed E-state index contributed by atoms with van der Waals surface area (Å²) in [6, 6.07) is 7.77. The molecule has 22 heavy (non-hydrogen) atoms. The summed E-state index contributed by atoms with van der Waals surface area (Å²) in [5, 5.41) is 2.92. The highest BCUT2D eigenvalue weighted by atomic mass is 16.2. The minimum absolute atomic E-state index is 0.0480. The van der Waals surface area contributed by atoms with Crippen molar-refractivity contribution < 1.29 is 9.59 Å². The molecule has 4 nitrogen and oxygen atoms in total. The molecule has 2 rings (SSSR count). The molecule has 1 aliphatic rings. The minimum atomic E-state index is -0.0480. The van der Waals surface area contributed by atoms with Crippen molar-refractivity contribution in [3.05, 3.63) is 35.4 Å². The third-order valence-electron chi connectivity index (χ3n) is 4.07. The normalized spacial score (nSPS) is 15.2. The summed E-state index contributed by atoms with van der Waals surface area (Å²) in [5.41, 5.74) is 2.00. The Balaban J connectivity index is 1.76. The first-order valence-electron chi connectivity index (χ1n) is 8.04. The number of amides is 2. The Labute approximate surface area is 132 Å². The number of rotatable bonds is 5. The van der Waals surface area contributed by atoms with Gasteiger partial charge < -0.3 is 10.2 Å². The molecule has 0 atom stereocenters. The molecule has 0 aliphatic carbocycles. The molecule has 2 amide bonds. The van der Waals surface area contributed by atoms with Crippen molar-refractivity contribution in [1.29, 1.82) is 0 Å². The van der Waals surface area contributed by atoms with E-state index in [1.807, 2.05) is 29.2 Å². The first-order valence-corrected chi connectivity index (χ1v) is 8.04. The number of nitrogens with zero attached hydrogens (tertiary/aromatic N) is 1. The molecular formula is C18H26N2O2. The van der Waals surface area contributed by atoms with E-state index in [0.29, 0.717) is 18.5 Å². The molecule has 1 aromatic rings. The highest BCUT2D eigenvalue weighted by Gasteiger charge is 2.19. The summed E-state index contributed by atoms with van der Waals surface area (Å²) in [6.07, 6.45) is 2.44. The van der Waals surface area contributed by atoms with Crippen LogP contribution in [0.25, 0.3) is 0 Å².